The summed E-state index contributed by atoms with van der Waals surface area (Å²) in [6.07, 6.45) is -4.36. The van der Waals surface area contributed by atoms with Crippen LogP contribution in [-0.4, -0.2) is 13.3 Å². The number of hydrogen-bond acceptors (Lipinski definition) is 1. The molecule has 1 aromatic carbocycles. The molecule has 0 aliphatic heterocycles. The monoisotopic (exact) mass is 274 g/mol. The van der Waals surface area contributed by atoms with Crippen molar-refractivity contribution < 1.29 is 17.9 Å². The lowest BCUT2D eigenvalue weighted by atomic mass is 9.83. The zero-order chi connectivity index (χ0) is 14.7. The van der Waals surface area contributed by atoms with E-state index in [1.54, 1.807) is 12.1 Å². The van der Waals surface area contributed by atoms with Crippen LogP contribution in [0.25, 0.3) is 0 Å². The maximum absolute atomic E-state index is 12.8. The van der Waals surface area contributed by atoms with E-state index < -0.39 is 18.2 Å². The van der Waals surface area contributed by atoms with Gasteiger partial charge in [-0.15, -0.1) is 0 Å². The molecule has 0 aliphatic rings. The number of ether oxygens (including phenoxy) is 1. The third-order valence-electron chi connectivity index (χ3n) is 3.66. The summed E-state index contributed by atoms with van der Waals surface area (Å²) in [6, 6.07) is 7.23. The van der Waals surface area contributed by atoms with E-state index in [4.69, 9.17) is 4.74 Å². The van der Waals surface area contributed by atoms with Crippen molar-refractivity contribution in [2.45, 2.75) is 51.3 Å². The highest BCUT2D eigenvalue weighted by molar-refractivity contribution is 5.35. The number of rotatable bonds is 5. The van der Waals surface area contributed by atoms with Crippen molar-refractivity contribution in [2.75, 3.05) is 7.11 Å². The summed E-state index contributed by atoms with van der Waals surface area (Å²) in [5, 5.41) is 0. The minimum atomic E-state index is -4.26. The maximum atomic E-state index is 12.8. The molecular weight excluding hydrogens is 253 g/mol. The summed E-state index contributed by atoms with van der Waals surface area (Å²) in [7, 11) is 1.33. The molecule has 0 radical (unpaired) electrons. The highest BCUT2D eigenvalue weighted by Gasteiger charge is 2.42. The van der Waals surface area contributed by atoms with Gasteiger partial charge in [0.1, 0.15) is 0 Å². The molecule has 0 bridgehead atoms. The van der Waals surface area contributed by atoms with Gasteiger partial charge in [-0.25, -0.2) is 0 Å². The third-order valence-corrected chi connectivity index (χ3v) is 3.66. The highest BCUT2D eigenvalue weighted by atomic mass is 19.4. The summed E-state index contributed by atoms with van der Waals surface area (Å²) < 4.78 is 43.5. The van der Waals surface area contributed by atoms with E-state index in [-0.39, 0.29) is 5.92 Å². The Bertz CT molecular complexity index is 414. The number of methoxy groups -OCH3 is 1. The topological polar surface area (TPSA) is 9.23 Å². The van der Waals surface area contributed by atoms with Crippen LogP contribution in [0.2, 0.25) is 0 Å². The van der Waals surface area contributed by atoms with Gasteiger partial charge in [0.2, 0.25) is 0 Å². The first-order valence-corrected chi connectivity index (χ1v) is 6.45. The second kappa shape index (κ2) is 5.95. The number of alkyl halides is 3. The van der Waals surface area contributed by atoms with Gasteiger partial charge in [0.05, 0.1) is 12.0 Å². The molecule has 2 atom stereocenters. The average molecular weight is 274 g/mol. The second-order valence-electron chi connectivity index (χ2n) is 5.12. The molecule has 19 heavy (non-hydrogen) atoms. The van der Waals surface area contributed by atoms with E-state index in [0.29, 0.717) is 5.56 Å². The van der Waals surface area contributed by atoms with Gasteiger partial charge in [0, 0.05) is 7.11 Å². The fourth-order valence-corrected chi connectivity index (χ4v) is 2.29. The normalized spacial score (nSPS) is 17.0. The standard InChI is InChI=1S/C15H21F3O/c1-5-11(2)12-8-6-7-9-13(12)14(3,19-4)10-15(16,17)18/h6-9,11H,5,10H2,1-4H3. The van der Waals surface area contributed by atoms with Crippen LogP contribution < -0.4 is 0 Å². The van der Waals surface area contributed by atoms with E-state index in [1.165, 1.54) is 14.0 Å². The Morgan fingerprint density at radius 2 is 1.79 bits per heavy atom. The number of halogens is 3. The molecule has 108 valence electrons. The molecular formula is C15H21F3O. The lowest BCUT2D eigenvalue weighted by Crippen LogP contribution is -2.32. The molecule has 0 heterocycles. The number of benzene rings is 1. The van der Waals surface area contributed by atoms with Gasteiger partial charge >= 0.3 is 6.18 Å². The molecule has 0 saturated heterocycles. The van der Waals surface area contributed by atoms with Crippen molar-refractivity contribution in [2.24, 2.45) is 0 Å². The van der Waals surface area contributed by atoms with Crippen LogP contribution in [0.3, 0.4) is 0 Å². The average Bonchev–Trinajstić information content (AvgIpc) is 2.35. The van der Waals surface area contributed by atoms with E-state index in [1.807, 2.05) is 26.0 Å². The van der Waals surface area contributed by atoms with E-state index in [2.05, 4.69) is 0 Å². The summed E-state index contributed by atoms with van der Waals surface area (Å²) >= 11 is 0. The van der Waals surface area contributed by atoms with Crippen molar-refractivity contribution in [3.05, 3.63) is 35.4 Å². The van der Waals surface area contributed by atoms with Crippen LogP contribution in [0.5, 0.6) is 0 Å². The van der Waals surface area contributed by atoms with Gasteiger partial charge in [-0.3, -0.25) is 0 Å². The lowest BCUT2D eigenvalue weighted by Gasteiger charge is -2.32. The first-order chi connectivity index (χ1) is 8.73. The van der Waals surface area contributed by atoms with Crippen LogP contribution in [0.4, 0.5) is 13.2 Å². The Labute approximate surface area is 112 Å². The van der Waals surface area contributed by atoms with Gasteiger partial charge in [0.25, 0.3) is 0 Å². The van der Waals surface area contributed by atoms with E-state index >= 15 is 0 Å². The molecule has 0 aliphatic carbocycles. The Balaban J connectivity index is 3.25. The van der Waals surface area contributed by atoms with E-state index in [9.17, 15) is 13.2 Å². The van der Waals surface area contributed by atoms with Crippen LogP contribution in [-0.2, 0) is 10.3 Å². The van der Waals surface area contributed by atoms with Crippen molar-refractivity contribution in [3.8, 4) is 0 Å². The van der Waals surface area contributed by atoms with Crippen molar-refractivity contribution in [3.63, 3.8) is 0 Å². The first-order valence-electron chi connectivity index (χ1n) is 6.45. The largest absolute Gasteiger partial charge is 0.392 e. The van der Waals surface area contributed by atoms with Crippen LogP contribution in [0, 0.1) is 0 Å². The Kier molecular flexibility index (Phi) is 5.02. The quantitative estimate of drug-likeness (QED) is 0.733. The predicted octanol–water partition coefficient (Wildman–Crippen LogP) is 5.01. The SMILES string of the molecule is CCC(C)c1ccccc1C(C)(CC(F)(F)F)OC. The number of hydrogen-bond donors (Lipinski definition) is 0. The molecule has 2 unspecified atom stereocenters. The zero-order valence-electron chi connectivity index (χ0n) is 11.8. The molecule has 0 amide bonds. The van der Waals surface area contributed by atoms with Crippen molar-refractivity contribution in [1.82, 2.24) is 0 Å². The molecule has 0 saturated carbocycles. The van der Waals surface area contributed by atoms with E-state index in [0.717, 1.165) is 12.0 Å². The predicted molar refractivity (Wildman–Crippen MR) is 70.2 cm³/mol. The summed E-state index contributed by atoms with van der Waals surface area (Å²) in [6.45, 7) is 5.54. The van der Waals surface area contributed by atoms with Crippen LogP contribution >= 0.6 is 0 Å². The molecule has 0 aromatic heterocycles. The summed E-state index contributed by atoms with van der Waals surface area (Å²) in [5.41, 5.74) is 0.223. The fraction of sp³-hybridized carbons (Fsp3) is 0.600. The Morgan fingerprint density at radius 1 is 1.21 bits per heavy atom. The molecule has 1 aromatic rings. The van der Waals surface area contributed by atoms with Gasteiger partial charge in [0.15, 0.2) is 0 Å². The van der Waals surface area contributed by atoms with Gasteiger partial charge in [-0.1, -0.05) is 38.1 Å². The molecule has 4 heteroatoms. The summed E-state index contributed by atoms with van der Waals surface area (Å²) in [4.78, 5) is 0. The van der Waals surface area contributed by atoms with Gasteiger partial charge in [-0.05, 0) is 30.4 Å². The van der Waals surface area contributed by atoms with Crippen LogP contribution in [0.15, 0.2) is 24.3 Å². The molecule has 1 rings (SSSR count). The van der Waals surface area contributed by atoms with Crippen molar-refractivity contribution in [1.29, 1.82) is 0 Å². The third kappa shape index (κ3) is 3.96. The van der Waals surface area contributed by atoms with Crippen LogP contribution in [0.1, 0.15) is 50.7 Å². The molecule has 1 nitrogen and oxygen atoms in total. The smallest absolute Gasteiger partial charge is 0.373 e. The van der Waals surface area contributed by atoms with Gasteiger partial charge < -0.3 is 4.74 Å². The minimum Gasteiger partial charge on any atom is -0.373 e. The fourth-order valence-electron chi connectivity index (χ4n) is 2.29. The Hall–Kier alpha value is -1.03. The highest BCUT2D eigenvalue weighted by Crippen LogP contribution is 2.40. The first kappa shape index (κ1) is 16.0. The maximum Gasteiger partial charge on any atom is 0.392 e. The molecule has 0 spiro atoms. The minimum absolute atomic E-state index is 0.207. The van der Waals surface area contributed by atoms with Gasteiger partial charge in [-0.2, -0.15) is 13.2 Å². The summed E-state index contributed by atoms with van der Waals surface area (Å²) in [5.74, 6) is 0.207. The second-order valence-corrected chi connectivity index (χ2v) is 5.12. The van der Waals surface area contributed by atoms with Crippen molar-refractivity contribution >= 4 is 0 Å². The lowest BCUT2D eigenvalue weighted by molar-refractivity contribution is -0.181. The molecule has 0 fully saturated rings. The zero-order valence-corrected chi connectivity index (χ0v) is 11.8. The molecule has 0 N–H and O–H groups in total. The Morgan fingerprint density at radius 3 is 2.26 bits per heavy atom.